The van der Waals surface area contributed by atoms with Gasteiger partial charge in [0.15, 0.2) is 0 Å². The molecule has 10 heavy (non-hydrogen) atoms. The topological polar surface area (TPSA) is 24.1 Å². The molecular weight excluding hydrogens is 124 g/mol. The lowest BCUT2D eigenvalue weighted by atomic mass is 9.84. The fourth-order valence-electron chi connectivity index (χ4n) is 1.14. The highest BCUT2D eigenvalue weighted by Gasteiger charge is 2.32. The maximum Gasteiger partial charge on any atom is 0.0588 e. The van der Waals surface area contributed by atoms with Crippen LogP contribution in [0.15, 0.2) is 11.8 Å². The normalized spacial score (nSPS) is 32.3. The molecule has 0 saturated carbocycles. The lowest BCUT2D eigenvalue weighted by Crippen LogP contribution is -2.47. The Morgan fingerprint density at radius 1 is 1.50 bits per heavy atom. The van der Waals surface area contributed by atoms with Gasteiger partial charge in [-0.3, -0.25) is 0 Å². The summed E-state index contributed by atoms with van der Waals surface area (Å²) in [6.45, 7) is 8.80. The maximum absolute atomic E-state index is 3.24. The van der Waals surface area contributed by atoms with E-state index in [4.69, 9.17) is 0 Å². The molecule has 58 valence electrons. The Balaban J connectivity index is 2.78. The van der Waals surface area contributed by atoms with Crippen LogP contribution in [0.1, 0.15) is 27.7 Å². The molecule has 0 amide bonds. The van der Waals surface area contributed by atoms with Gasteiger partial charge in [0.05, 0.1) is 5.54 Å². The molecule has 2 N–H and O–H groups in total. The van der Waals surface area contributed by atoms with Gasteiger partial charge in [-0.25, -0.2) is 5.43 Å². The maximum atomic E-state index is 3.24. The van der Waals surface area contributed by atoms with Crippen LogP contribution in [0.2, 0.25) is 0 Å². The lowest BCUT2D eigenvalue weighted by Gasteiger charge is -2.30. The van der Waals surface area contributed by atoms with E-state index < -0.39 is 0 Å². The average molecular weight is 140 g/mol. The van der Waals surface area contributed by atoms with Crippen molar-refractivity contribution in [1.82, 2.24) is 10.9 Å². The van der Waals surface area contributed by atoms with Crippen molar-refractivity contribution < 1.29 is 0 Å². The third kappa shape index (κ3) is 0.926. The van der Waals surface area contributed by atoms with Crippen molar-refractivity contribution in [3.63, 3.8) is 0 Å². The highest BCUT2D eigenvalue weighted by atomic mass is 15.4. The molecule has 2 nitrogen and oxygen atoms in total. The van der Waals surface area contributed by atoms with E-state index in [1.54, 1.807) is 0 Å². The summed E-state index contributed by atoms with van der Waals surface area (Å²) in [4.78, 5) is 0. The van der Waals surface area contributed by atoms with Crippen LogP contribution >= 0.6 is 0 Å². The van der Waals surface area contributed by atoms with Crippen molar-refractivity contribution in [2.45, 2.75) is 33.2 Å². The van der Waals surface area contributed by atoms with E-state index in [0.717, 1.165) is 0 Å². The number of hydrazine groups is 1. The summed E-state index contributed by atoms with van der Waals surface area (Å²) in [5.74, 6) is 0.624. The van der Waals surface area contributed by atoms with E-state index in [1.165, 1.54) is 5.57 Å². The number of nitrogens with one attached hydrogen (secondary N) is 2. The Morgan fingerprint density at radius 2 is 2.10 bits per heavy atom. The Kier molecular flexibility index (Phi) is 1.73. The van der Waals surface area contributed by atoms with Crippen molar-refractivity contribution in [2.75, 3.05) is 0 Å². The summed E-state index contributed by atoms with van der Waals surface area (Å²) in [6, 6.07) is 0. The summed E-state index contributed by atoms with van der Waals surface area (Å²) in [5.41, 5.74) is 7.80. The number of rotatable bonds is 1. The third-order valence-electron chi connectivity index (χ3n) is 2.59. The van der Waals surface area contributed by atoms with Gasteiger partial charge >= 0.3 is 0 Å². The van der Waals surface area contributed by atoms with E-state index in [-0.39, 0.29) is 5.54 Å². The Hall–Kier alpha value is -0.500. The molecule has 1 rings (SSSR count). The third-order valence-corrected chi connectivity index (χ3v) is 2.59. The smallest absolute Gasteiger partial charge is 0.0588 e. The average Bonchev–Trinajstić information content (AvgIpc) is 2.15. The minimum atomic E-state index is 0.153. The monoisotopic (exact) mass is 140 g/mol. The van der Waals surface area contributed by atoms with Gasteiger partial charge in [0.2, 0.25) is 0 Å². The molecule has 1 aliphatic rings. The number of hydrogen-bond donors (Lipinski definition) is 2. The van der Waals surface area contributed by atoms with Crippen molar-refractivity contribution in [1.29, 1.82) is 0 Å². The quantitative estimate of drug-likeness (QED) is 0.575. The first-order valence-electron chi connectivity index (χ1n) is 3.77. The second-order valence-electron chi connectivity index (χ2n) is 3.45. The van der Waals surface area contributed by atoms with E-state index in [2.05, 4.69) is 38.5 Å². The molecule has 0 fully saturated rings. The second kappa shape index (κ2) is 2.27. The van der Waals surface area contributed by atoms with Gasteiger partial charge in [-0.2, -0.15) is 0 Å². The molecule has 1 atom stereocenters. The van der Waals surface area contributed by atoms with Gasteiger partial charge < -0.3 is 5.43 Å². The standard InChI is InChI=1S/C8H16N2/c1-6(2)8(4)7(3)5-9-10-8/h5-6,9-10H,1-4H3. The highest BCUT2D eigenvalue weighted by molar-refractivity contribution is 5.20. The van der Waals surface area contributed by atoms with Crippen molar-refractivity contribution in [3.05, 3.63) is 11.8 Å². The molecule has 0 saturated heterocycles. The minimum Gasteiger partial charge on any atom is -0.328 e. The molecule has 0 aromatic heterocycles. The van der Waals surface area contributed by atoms with E-state index in [9.17, 15) is 0 Å². The predicted octanol–water partition coefficient (Wildman–Crippen LogP) is 1.41. The molecule has 1 unspecified atom stereocenters. The molecule has 0 spiro atoms. The van der Waals surface area contributed by atoms with Gasteiger partial charge in [-0.15, -0.1) is 0 Å². The molecule has 0 bridgehead atoms. The van der Waals surface area contributed by atoms with Crippen LogP contribution in [0.4, 0.5) is 0 Å². The molecule has 1 heterocycles. The van der Waals surface area contributed by atoms with Crippen LogP contribution in [0.25, 0.3) is 0 Å². The first-order chi connectivity index (χ1) is 4.57. The van der Waals surface area contributed by atoms with Crippen LogP contribution in [-0.2, 0) is 0 Å². The SMILES string of the molecule is CC1=CNNC1(C)C(C)C. The van der Waals surface area contributed by atoms with E-state index in [1.807, 2.05) is 6.20 Å². The molecule has 0 aromatic carbocycles. The molecule has 0 radical (unpaired) electrons. The van der Waals surface area contributed by atoms with Gasteiger partial charge in [0.25, 0.3) is 0 Å². The van der Waals surface area contributed by atoms with Gasteiger partial charge in [-0.1, -0.05) is 13.8 Å². The van der Waals surface area contributed by atoms with E-state index >= 15 is 0 Å². The fourth-order valence-corrected chi connectivity index (χ4v) is 1.14. The first-order valence-corrected chi connectivity index (χ1v) is 3.77. The number of hydrogen-bond acceptors (Lipinski definition) is 2. The first kappa shape index (κ1) is 7.61. The van der Waals surface area contributed by atoms with Crippen LogP contribution in [0.3, 0.4) is 0 Å². The molecule has 0 aromatic rings. The van der Waals surface area contributed by atoms with Crippen molar-refractivity contribution >= 4 is 0 Å². The summed E-state index contributed by atoms with van der Waals surface area (Å²) in [5, 5.41) is 0. The largest absolute Gasteiger partial charge is 0.328 e. The second-order valence-corrected chi connectivity index (χ2v) is 3.45. The Morgan fingerprint density at radius 3 is 2.30 bits per heavy atom. The zero-order valence-electron chi connectivity index (χ0n) is 7.15. The van der Waals surface area contributed by atoms with Crippen LogP contribution < -0.4 is 10.9 Å². The van der Waals surface area contributed by atoms with Crippen molar-refractivity contribution in [2.24, 2.45) is 5.92 Å². The van der Waals surface area contributed by atoms with Gasteiger partial charge in [0.1, 0.15) is 0 Å². The summed E-state index contributed by atoms with van der Waals surface area (Å²) in [7, 11) is 0. The van der Waals surface area contributed by atoms with Crippen molar-refractivity contribution in [3.8, 4) is 0 Å². The molecular formula is C8H16N2. The predicted molar refractivity (Wildman–Crippen MR) is 43.3 cm³/mol. The lowest BCUT2D eigenvalue weighted by molar-refractivity contribution is 0.315. The molecule has 1 aliphatic heterocycles. The Bertz CT molecular complexity index is 161. The highest BCUT2D eigenvalue weighted by Crippen LogP contribution is 2.26. The summed E-state index contributed by atoms with van der Waals surface area (Å²) < 4.78 is 0. The Labute approximate surface area is 62.7 Å². The fraction of sp³-hybridized carbons (Fsp3) is 0.750. The van der Waals surface area contributed by atoms with Gasteiger partial charge in [-0.05, 0) is 25.3 Å². The zero-order valence-corrected chi connectivity index (χ0v) is 7.15. The van der Waals surface area contributed by atoms with Gasteiger partial charge in [0, 0.05) is 6.20 Å². The summed E-state index contributed by atoms with van der Waals surface area (Å²) >= 11 is 0. The van der Waals surface area contributed by atoms with Crippen LogP contribution in [-0.4, -0.2) is 5.54 Å². The van der Waals surface area contributed by atoms with E-state index in [0.29, 0.717) is 5.92 Å². The van der Waals surface area contributed by atoms with Crippen LogP contribution in [0, 0.1) is 5.92 Å². The zero-order chi connectivity index (χ0) is 7.78. The summed E-state index contributed by atoms with van der Waals surface area (Å²) in [6.07, 6.45) is 2.03. The van der Waals surface area contributed by atoms with Crippen LogP contribution in [0.5, 0.6) is 0 Å². The molecule has 2 heteroatoms. The minimum absolute atomic E-state index is 0.153. The molecule has 0 aliphatic carbocycles.